The zero-order valence-corrected chi connectivity index (χ0v) is 13.0. The second-order valence-electron chi connectivity index (χ2n) is 5.06. The van der Waals surface area contributed by atoms with E-state index in [-0.39, 0.29) is 6.04 Å². The highest BCUT2D eigenvalue weighted by atomic mass is 32.2. The molecule has 0 aliphatic carbocycles. The van der Waals surface area contributed by atoms with Crippen LogP contribution in [-0.4, -0.2) is 27.8 Å². The highest BCUT2D eigenvalue weighted by molar-refractivity contribution is 7.88. The van der Waals surface area contributed by atoms with Crippen LogP contribution >= 0.6 is 0 Å². The first-order valence-electron chi connectivity index (χ1n) is 6.55. The van der Waals surface area contributed by atoms with Gasteiger partial charge in [-0.3, -0.25) is 0 Å². The monoisotopic (exact) mass is 284 g/mol. The molecule has 1 unspecified atom stereocenters. The van der Waals surface area contributed by atoms with Crippen LogP contribution in [0.25, 0.3) is 0 Å². The molecule has 108 valence electrons. The van der Waals surface area contributed by atoms with Crippen LogP contribution in [0.4, 0.5) is 0 Å². The summed E-state index contributed by atoms with van der Waals surface area (Å²) in [4.78, 5) is 0. The SMILES string of the molecule is Cc1ccc(C(C)NCCCNS(C)(=O)=O)c(C)c1. The molecule has 0 bridgehead atoms. The molecule has 2 N–H and O–H groups in total. The first-order valence-corrected chi connectivity index (χ1v) is 8.44. The van der Waals surface area contributed by atoms with Gasteiger partial charge in [0.15, 0.2) is 0 Å². The van der Waals surface area contributed by atoms with Gasteiger partial charge in [-0.15, -0.1) is 0 Å². The van der Waals surface area contributed by atoms with E-state index in [1.54, 1.807) is 0 Å². The van der Waals surface area contributed by atoms with Crippen molar-refractivity contribution in [1.82, 2.24) is 10.0 Å². The second kappa shape index (κ2) is 7.03. The zero-order chi connectivity index (χ0) is 14.5. The predicted molar refractivity (Wildman–Crippen MR) is 79.8 cm³/mol. The van der Waals surface area contributed by atoms with Crippen molar-refractivity contribution in [2.24, 2.45) is 0 Å². The van der Waals surface area contributed by atoms with Crippen LogP contribution < -0.4 is 10.0 Å². The molecule has 0 aliphatic rings. The summed E-state index contributed by atoms with van der Waals surface area (Å²) in [5, 5.41) is 3.41. The average Bonchev–Trinajstić information content (AvgIpc) is 2.26. The first kappa shape index (κ1) is 16.1. The van der Waals surface area contributed by atoms with Gasteiger partial charge in [-0.2, -0.15) is 0 Å². The van der Waals surface area contributed by atoms with Crippen LogP contribution in [0.1, 0.15) is 36.1 Å². The van der Waals surface area contributed by atoms with Gasteiger partial charge >= 0.3 is 0 Å². The van der Waals surface area contributed by atoms with Gasteiger partial charge < -0.3 is 5.32 Å². The number of rotatable bonds is 7. The summed E-state index contributed by atoms with van der Waals surface area (Å²) in [6, 6.07) is 6.72. The normalized spacial score (nSPS) is 13.5. The van der Waals surface area contributed by atoms with Crippen molar-refractivity contribution >= 4 is 10.0 Å². The largest absolute Gasteiger partial charge is 0.310 e. The van der Waals surface area contributed by atoms with Crippen LogP contribution in [-0.2, 0) is 10.0 Å². The number of hydrogen-bond acceptors (Lipinski definition) is 3. The second-order valence-corrected chi connectivity index (χ2v) is 6.89. The van der Waals surface area contributed by atoms with E-state index in [9.17, 15) is 8.42 Å². The highest BCUT2D eigenvalue weighted by Gasteiger charge is 2.07. The fourth-order valence-corrected chi connectivity index (χ4v) is 2.60. The van der Waals surface area contributed by atoms with Crippen molar-refractivity contribution in [2.45, 2.75) is 33.2 Å². The van der Waals surface area contributed by atoms with Crippen LogP contribution in [0, 0.1) is 13.8 Å². The molecule has 0 radical (unpaired) electrons. The Labute approximate surface area is 116 Å². The van der Waals surface area contributed by atoms with Crippen molar-refractivity contribution in [3.8, 4) is 0 Å². The maximum atomic E-state index is 10.9. The van der Waals surface area contributed by atoms with Gasteiger partial charge in [0.25, 0.3) is 0 Å². The summed E-state index contributed by atoms with van der Waals surface area (Å²) in [5.74, 6) is 0. The lowest BCUT2D eigenvalue weighted by molar-refractivity contribution is 0.547. The molecule has 0 aromatic heterocycles. The molecule has 0 saturated carbocycles. The van der Waals surface area contributed by atoms with Crippen LogP contribution in [0.15, 0.2) is 18.2 Å². The quantitative estimate of drug-likeness (QED) is 0.752. The Kier molecular flexibility index (Phi) is 5.97. The molecular formula is C14H24N2O2S. The van der Waals surface area contributed by atoms with E-state index < -0.39 is 10.0 Å². The van der Waals surface area contributed by atoms with Crippen molar-refractivity contribution in [3.63, 3.8) is 0 Å². The Morgan fingerprint density at radius 1 is 1.21 bits per heavy atom. The summed E-state index contributed by atoms with van der Waals surface area (Å²) >= 11 is 0. The van der Waals surface area contributed by atoms with E-state index in [0.29, 0.717) is 6.54 Å². The Hall–Kier alpha value is -0.910. The molecular weight excluding hydrogens is 260 g/mol. The fraction of sp³-hybridized carbons (Fsp3) is 0.571. The number of nitrogens with one attached hydrogen (secondary N) is 2. The minimum Gasteiger partial charge on any atom is -0.310 e. The molecule has 1 aromatic rings. The van der Waals surface area contributed by atoms with Crippen molar-refractivity contribution in [2.75, 3.05) is 19.3 Å². The minimum absolute atomic E-state index is 0.277. The van der Waals surface area contributed by atoms with Gasteiger partial charge in [-0.25, -0.2) is 13.1 Å². The molecule has 4 nitrogen and oxygen atoms in total. The van der Waals surface area contributed by atoms with Crippen molar-refractivity contribution in [3.05, 3.63) is 34.9 Å². The molecule has 0 saturated heterocycles. The standard InChI is InChI=1S/C14H24N2O2S/c1-11-6-7-14(12(2)10-11)13(3)15-8-5-9-16-19(4,17)18/h6-7,10,13,15-16H,5,8-9H2,1-4H3. The predicted octanol–water partition coefficient (Wildman–Crippen LogP) is 1.89. The maximum absolute atomic E-state index is 10.9. The van der Waals surface area contributed by atoms with E-state index in [4.69, 9.17) is 0 Å². The topological polar surface area (TPSA) is 58.2 Å². The highest BCUT2D eigenvalue weighted by Crippen LogP contribution is 2.18. The Morgan fingerprint density at radius 2 is 1.89 bits per heavy atom. The fourth-order valence-electron chi connectivity index (χ4n) is 2.09. The molecule has 1 rings (SSSR count). The summed E-state index contributed by atoms with van der Waals surface area (Å²) in [6.07, 6.45) is 1.96. The van der Waals surface area contributed by atoms with Crippen LogP contribution in [0.3, 0.4) is 0 Å². The number of sulfonamides is 1. The summed E-state index contributed by atoms with van der Waals surface area (Å²) in [5.41, 5.74) is 3.85. The molecule has 19 heavy (non-hydrogen) atoms. The summed E-state index contributed by atoms with van der Waals surface area (Å²) in [6.45, 7) is 7.60. The minimum atomic E-state index is -3.07. The third-order valence-electron chi connectivity index (χ3n) is 3.06. The van der Waals surface area contributed by atoms with E-state index in [1.807, 2.05) is 0 Å². The summed E-state index contributed by atoms with van der Waals surface area (Å²) < 4.78 is 24.3. The lowest BCUT2D eigenvalue weighted by Crippen LogP contribution is -2.27. The molecule has 0 spiro atoms. The van der Waals surface area contributed by atoms with Gasteiger partial charge in [0.2, 0.25) is 10.0 Å². The van der Waals surface area contributed by atoms with Crippen LogP contribution in [0.5, 0.6) is 0 Å². The van der Waals surface area contributed by atoms with Crippen molar-refractivity contribution in [1.29, 1.82) is 0 Å². The number of hydrogen-bond donors (Lipinski definition) is 2. The Bertz CT molecular complexity index is 512. The lowest BCUT2D eigenvalue weighted by atomic mass is 10.0. The van der Waals surface area contributed by atoms with Crippen LogP contribution in [0.2, 0.25) is 0 Å². The van der Waals surface area contributed by atoms with Gasteiger partial charge in [0.1, 0.15) is 0 Å². The van der Waals surface area contributed by atoms with Crippen molar-refractivity contribution < 1.29 is 8.42 Å². The molecule has 0 heterocycles. The zero-order valence-electron chi connectivity index (χ0n) is 12.2. The first-order chi connectivity index (χ1) is 8.79. The van der Waals surface area contributed by atoms with E-state index >= 15 is 0 Å². The summed E-state index contributed by atoms with van der Waals surface area (Å²) in [7, 11) is -3.07. The van der Waals surface area contributed by atoms with E-state index in [1.165, 1.54) is 22.9 Å². The van der Waals surface area contributed by atoms with E-state index in [2.05, 4.69) is 49.0 Å². The van der Waals surface area contributed by atoms with Gasteiger partial charge in [-0.05, 0) is 44.9 Å². The molecule has 0 amide bonds. The lowest BCUT2D eigenvalue weighted by Gasteiger charge is -2.17. The third kappa shape index (κ3) is 6.18. The molecule has 5 heteroatoms. The Morgan fingerprint density at radius 3 is 2.47 bits per heavy atom. The number of benzene rings is 1. The van der Waals surface area contributed by atoms with Gasteiger partial charge in [-0.1, -0.05) is 23.8 Å². The molecule has 0 fully saturated rings. The van der Waals surface area contributed by atoms with E-state index in [0.717, 1.165) is 13.0 Å². The van der Waals surface area contributed by atoms with Gasteiger partial charge in [0, 0.05) is 12.6 Å². The third-order valence-corrected chi connectivity index (χ3v) is 3.79. The van der Waals surface area contributed by atoms with Gasteiger partial charge in [0.05, 0.1) is 6.26 Å². The Balaban J connectivity index is 2.37. The average molecular weight is 284 g/mol. The molecule has 1 aromatic carbocycles. The smallest absolute Gasteiger partial charge is 0.208 e. The molecule has 1 atom stereocenters. The maximum Gasteiger partial charge on any atom is 0.208 e. The number of aryl methyl sites for hydroxylation is 2. The molecule has 0 aliphatic heterocycles.